The molecule has 1 amide bonds. The van der Waals surface area contributed by atoms with Gasteiger partial charge in [0.25, 0.3) is 0 Å². The molecule has 0 atom stereocenters. The van der Waals surface area contributed by atoms with Crippen molar-refractivity contribution < 1.29 is 13.6 Å². The van der Waals surface area contributed by atoms with Gasteiger partial charge in [0.1, 0.15) is 11.6 Å². The van der Waals surface area contributed by atoms with Gasteiger partial charge in [0.05, 0.1) is 18.8 Å². The van der Waals surface area contributed by atoms with Crippen molar-refractivity contribution in [2.24, 2.45) is 5.10 Å². The van der Waals surface area contributed by atoms with Crippen LogP contribution in [-0.4, -0.2) is 54.4 Å². The Hall–Kier alpha value is -3.06. The van der Waals surface area contributed by atoms with E-state index in [4.69, 9.17) is 0 Å². The molecular weight excluding hydrogens is 386 g/mol. The predicted octanol–water partition coefficient (Wildman–Crippen LogP) is 3.74. The van der Waals surface area contributed by atoms with E-state index in [0.717, 1.165) is 48.7 Å². The normalized spacial score (nSPS) is 19.4. The molecule has 30 heavy (non-hydrogen) atoms. The molecule has 2 heterocycles. The highest BCUT2D eigenvalue weighted by Crippen LogP contribution is 2.21. The monoisotopic (exact) mass is 410 g/mol. The Morgan fingerprint density at radius 2 is 1.53 bits per heavy atom. The van der Waals surface area contributed by atoms with Crippen molar-refractivity contribution in [2.75, 3.05) is 37.7 Å². The van der Waals surface area contributed by atoms with Gasteiger partial charge in [-0.1, -0.05) is 12.1 Å². The third-order valence-corrected chi connectivity index (χ3v) is 5.47. The summed E-state index contributed by atoms with van der Waals surface area (Å²) in [7, 11) is 0. The van der Waals surface area contributed by atoms with Gasteiger partial charge in [0.15, 0.2) is 0 Å². The number of hydrogen-bond donors (Lipinski definition) is 0. The van der Waals surface area contributed by atoms with Crippen LogP contribution in [0.5, 0.6) is 0 Å². The second kappa shape index (κ2) is 8.75. The van der Waals surface area contributed by atoms with E-state index in [2.05, 4.69) is 14.9 Å². The molecule has 2 aromatic carbocycles. The van der Waals surface area contributed by atoms with Crippen LogP contribution in [0.2, 0.25) is 0 Å². The van der Waals surface area contributed by atoms with Crippen molar-refractivity contribution in [1.29, 1.82) is 0 Å². The SMILES string of the molecule is CC1=NN(CN2CCN(c3ccc(F)cc3)CC2)C(=O)C/C1=C\c1ccc(F)cc1. The molecule has 0 N–H and O–H groups in total. The average molecular weight is 410 g/mol. The summed E-state index contributed by atoms with van der Waals surface area (Å²) in [5.41, 5.74) is 3.50. The Balaban J connectivity index is 1.36. The van der Waals surface area contributed by atoms with Crippen molar-refractivity contribution in [3.63, 3.8) is 0 Å². The maximum absolute atomic E-state index is 13.1. The molecule has 0 saturated carbocycles. The fourth-order valence-electron chi connectivity index (χ4n) is 3.70. The summed E-state index contributed by atoms with van der Waals surface area (Å²) < 4.78 is 26.2. The van der Waals surface area contributed by atoms with E-state index in [1.165, 1.54) is 29.3 Å². The molecule has 0 aliphatic carbocycles. The van der Waals surface area contributed by atoms with Crippen LogP contribution < -0.4 is 4.90 Å². The predicted molar refractivity (Wildman–Crippen MR) is 114 cm³/mol. The number of anilines is 1. The van der Waals surface area contributed by atoms with Gasteiger partial charge >= 0.3 is 0 Å². The Bertz CT molecular complexity index is 962. The van der Waals surface area contributed by atoms with E-state index in [1.807, 2.05) is 13.0 Å². The van der Waals surface area contributed by atoms with Crippen LogP contribution in [0.25, 0.3) is 6.08 Å². The molecule has 0 radical (unpaired) electrons. The number of piperazine rings is 1. The molecular formula is C23H24F2N4O. The van der Waals surface area contributed by atoms with E-state index in [0.29, 0.717) is 6.67 Å². The summed E-state index contributed by atoms with van der Waals surface area (Å²) in [5.74, 6) is -0.565. The van der Waals surface area contributed by atoms with Gasteiger partial charge in [0, 0.05) is 31.9 Å². The topological polar surface area (TPSA) is 39.1 Å². The number of hydrazone groups is 1. The van der Waals surface area contributed by atoms with E-state index in [9.17, 15) is 13.6 Å². The number of benzene rings is 2. The highest BCUT2D eigenvalue weighted by molar-refractivity contribution is 6.08. The van der Waals surface area contributed by atoms with Crippen LogP contribution in [0.3, 0.4) is 0 Å². The van der Waals surface area contributed by atoms with Crippen molar-refractivity contribution in [3.8, 4) is 0 Å². The molecule has 2 aromatic rings. The van der Waals surface area contributed by atoms with Crippen LogP contribution in [0.4, 0.5) is 14.5 Å². The molecule has 7 heteroatoms. The Morgan fingerprint density at radius 3 is 2.17 bits per heavy atom. The molecule has 0 unspecified atom stereocenters. The zero-order valence-corrected chi connectivity index (χ0v) is 16.9. The van der Waals surface area contributed by atoms with E-state index < -0.39 is 0 Å². The Morgan fingerprint density at radius 1 is 0.933 bits per heavy atom. The van der Waals surface area contributed by atoms with Gasteiger partial charge in [-0.15, -0.1) is 0 Å². The van der Waals surface area contributed by atoms with Gasteiger partial charge < -0.3 is 4.90 Å². The number of carbonyl (C=O) groups excluding carboxylic acids is 1. The van der Waals surface area contributed by atoms with E-state index >= 15 is 0 Å². The van der Waals surface area contributed by atoms with Crippen LogP contribution >= 0.6 is 0 Å². The number of rotatable bonds is 4. The molecule has 1 fully saturated rings. The maximum Gasteiger partial charge on any atom is 0.248 e. The molecule has 5 nitrogen and oxygen atoms in total. The standard InChI is InChI=1S/C23H24F2N4O/c1-17-19(14-18-2-4-20(24)5-3-18)15-23(30)29(26-17)16-27-10-12-28(13-11-27)22-8-6-21(25)7-9-22/h2-9,14H,10-13,15-16H2,1H3/b19-14+. The molecule has 0 aromatic heterocycles. The first-order chi connectivity index (χ1) is 14.5. The minimum absolute atomic E-state index is 0.0464. The van der Waals surface area contributed by atoms with Crippen LogP contribution in [0.1, 0.15) is 18.9 Å². The molecule has 2 aliphatic heterocycles. The number of halogens is 2. The lowest BCUT2D eigenvalue weighted by Crippen LogP contribution is -2.50. The molecule has 0 spiro atoms. The first-order valence-electron chi connectivity index (χ1n) is 10.0. The van der Waals surface area contributed by atoms with Crippen molar-refractivity contribution >= 4 is 23.4 Å². The number of hydrogen-bond acceptors (Lipinski definition) is 4. The van der Waals surface area contributed by atoms with Crippen molar-refractivity contribution in [2.45, 2.75) is 13.3 Å². The minimum Gasteiger partial charge on any atom is -0.369 e. The van der Waals surface area contributed by atoms with Crippen LogP contribution in [0, 0.1) is 11.6 Å². The fourth-order valence-corrected chi connectivity index (χ4v) is 3.70. The van der Waals surface area contributed by atoms with Gasteiger partial charge in [-0.05, 0) is 60.5 Å². The second-order valence-electron chi connectivity index (χ2n) is 7.60. The lowest BCUT2D eigenvalue weighted by atomic mass is 10.0. The summed E-state index contributed by atoms with van der Waals surface area (Å²) >= 11 is 0. The quantitative estimate of drug-likeness (QED) is 0.771. The molecule has 0 bridgehead atoms. The van der Waals surface area contributed by atoms with Crippen LogP contribution in [-0.2, 0) is 4.79 Å². The van der Waals surface area contributed by atoms with Gasteiger partial charge in [-0.2, -0.15) is 5.10 Å². The smallest absolute Gasteiger partial charge is 0.248 e. The molecule has 4 rings (SSSR count). The van der Waals surface area contributed by atoms with Crippen LogP contribution in [0.15, 0.2) is 59.2 Å². The lowest BCUT2D eigenvalue weighted by Gasteiger charge is -2.38. The summed E-state index contributed by atoms with van der Waals surface area (Å²) in [4.78, 5) is 17.0. The fraction of sp³-hybridized carbons (Fsp3) is 0.304. The Kier molecular flexibility index (Phi) is 5.90. The van der Waals surface area contributed by atoms with Gasteiger partial charge in [0.2, 0.25) is 5.91 Å². The van der Waals surface area contributed by atoms with Gasteiger partial charge in [-0.3, -0.25) is 9.69 Å². The Labute approximate surface area is 174 Å². The number of carbonyl (C=O) groups is 1. The molecule has 1 saturated heterocycles. The third kappa shape index (κ3) is 4.74. The largest absolute Gasteiger partial charge is 0.369 e. The molecule has 156 valence electrons. The zero-order chi connectivity index (χ0) is 21.1. The highest BCUT2D eigenvalue weighted by Gasteiger charge is 2.26. The summed E-state index contributed by atoms with van der Waals surface area (Å²) in [6.07, 6.45) is 2.16. The highest BCUT2D eigenvalue weighted by atomic mass is 19.1. The summed E-state index contributed by atoms with van der Waals surface area (Å²) in [6.45, 7) is 5.57. The first-order valence-corrected chi connectivity index (χ1v) is 10.0. The second-order valence-corrected chi connectivity index (χ2v) is 7.60. The summed E-state index contributed by atoms with van der Waals surface area (Å²) in [5, 5.41) is 6.03. The van der Waals surface area contributed by atoms with Gasteiger partial charge in [-0.25, -0.2) is 13.8 Å². The number of amides is 1. The number of nitrogens with zero attached hydrogens (tertiary/aromatic N) is 4. The van der Waals surface area contributed by atoms with E-state index in [-0.39, 0.29) is 24.0 Å². The minimum atomic E-state index is -0.284. The summed E-state index contributed by atoms with van der Waals surface area (Å²) in [6, 6.07) is 12.7. The lowest BCUT2D eigenvalue weighted by molar-refractivity contribution is -0.133. The maximum atomic E-state index is 13.1. The van der Waals surface area contributed by atoms with E-state index in [1.54, 1.807) is 24.3 Å². The zero-order valence-electron chi connectivity index (χ0n) is 16.9. The average Bonchev–Trinajstić information content (AvgIpc) is 2.74. The first kappa shape index (κ1) is 20.2. The van der Waals surface area contributed by atoms with Crippen molar-refractivity contribution in [3.05, 3.63) is 71.3 Å². The third-order valence-electron chi connectivity index (χ3n) is 5.47. The molecule has 2 aliphatic rings. The van der Waals surface area contributed by atoms with Crippen molar-refractivity contribution in [1.82, 2.24) is 9.91 Å².